The van der Waals surface area contributed by atoms with Crippen molar-refractivity contribution in [2.24, 2.45) is 0 Å². The van der Waals surface area contributed by atoms with Gasteiger partial charge in [0.25, 0.3) is 0 Å². The monoisotopic (exact) mass is 546 g/mol. The summed E-state index contributed by atoms with van der Waals surface area (Å²) in [6.07, 6.45) is 0. The maximum atomic E-state index is 4.23. The summed E-state index contributed by atoms with van der Waals surface area (Å²) in [7, 11) is 0. The zero-order chi connectivity index (χ0) is 30.9. The first-order valence-corrected chi connectivity index (χ1v) is 14.3. The highest BCUT2D eigenvalue weighted by atomic mass is 14.2. The highest BCUT2D eigenvalue weighted by Gasteiger charge is 2.13. The van der Waals surface area contributed by atoms with E-state index in [1.165, 1.54) is 0 Å². The molecule has 4 aromatic carbocycles. The van der Waals surface area contributed by atoms with E-state index in [0.29, 0.717) is 0 Å². The van der Waals surface area contributed by atoms with Crippen LogP contribution in [-0.4, -0.2) is 0 Å². The van der Waals surface area contributed by atoms with E-state index in [9.17, 15) is 0 Å². The second kappa shape index (κ2) is 12.0. The zero-order valence-corrected chi connectivity index (χ0v) is 26.2. The van der Waals surface area contributed by atoms with E-state index in [0.717, 1.165) is 100 Å². The molecule has 0 unspecified atom stereocenters. The van der Waals surface area contributed by atoms with E-state index in [2.05, 4.69) is 112 Å². The molecular weight excluding hydrogens is 504 g/mol. The van der Waals surface area contributed by atoms with Gasteiger partial charge in [0.1, 0.15) is 0 Å². The van der Waals surface area contributed by atoms with E-state index in [1.807, 2.05) is 41.5 Å². The van der Waals surface area contributed by atoms with Crippen molar-refractivity contribution in [3.8, 4) is 33.4 Å². The van der Waals surface area contributed by atoms with Gasteiger partial charge in [-0.05, 0) is 181 Å². The molecule has 210 valence electrons. The van der Waals surface area contributed by atoms with Gasteiger partial charge >= 0.3 is 0 Å². The van der Waals surface area contributed by atoms with Crippen LogP contribution in [-0.2, 0) is 0 Å². The summed E-state index contributed by atoms with van der Waals surface area (Å²) in [6.45, 7) is 37.7. The summed E-state index contributed by atoms with van der Waals surface area (Å²) in [5.74, 6) is 0. The Balaban J connectivity index is 2.10. The van der Waals surface area contributed by atoms with E-state index in [4.69, 9.17) is 0 Å². The lowest BCUT2D eigenvalue weighted by molar-refractivity contribution is 1.48. The van der Waals surface area contributed by atoms with Crippen molar-refractivity contribution in [2.75, 3.05) is 0 Å². The minimum absolute atomic E-state index is 1.02. The highest BCUT2D eigenvalue weighted by Crippen LogP contribution is 2.38. The maximum Gasteiger partial charge on any atom is -0.0171 e. The molecule has 0 N–H and O–H groups in total. The Kier molecular flexibility index (Phi) is 8.69. The maximum absolute atomic E-state index is 4.23. The molecule has 0 heterocycles. The summed E-state index contributed by atoms with van der Waals surface area (Å²) < 4.78 is 0. The van der Waals surface area contributed by atoms with Gasteiger partial charge in [-0.3, -0.25) is 0 Å². The average Bonchev–Trinajstić information content (AvgIpc) is 2.95. The number of hydrogen-bond donors (Lipinski definition) is 0. The van der Waals surface area contributed by atoms with Crippen LogP contribution in [0.25, 0.3) is 66.8 Å². The fourth-order valence-electron chi connectivity index (χ4n) is 4.99. The number of hydrogen-bond acceptors (Lipinski definition) is 0. The van der Waals surface area contributed by atoms with Gasteiger partial charge in [0.15, 0.2) is 0 Å². The summed E-state index contributed by atoms with van der Waals surface area (Å²) in [5.41, 5.74) is 19.6. The van der Waals surface area contributed by atoms with Crippen LogP contribution in [0, 0.1) is 0 Å². The van der Waals surface area contributed by atoms with Crippen LogP contribution in [0.15, 0.2) is 112 Å². The molecule has 0 aliphatic heterocycles. The standard InChI is InChI=1S/C42H42/c1-25(2)31-13-32(26(3)4)17-37(16-31)40-22-41(38-18-33(27(5)6)14-34(19-38)28(7)8)24-42(23-40)39-20-35(29(9)10)15-36(21-39)30(11)12/h13-24H,1,3,5,7,9,11H2,2,4,6,8,10,12H3. The number of benzene rings is 4. The lowest BCUT2D eigenvalue weighted by atomic mass is 9.88. The Bertz CT molecular complexity index is 1490. The fourth-order valence-corrected chi connectivity index (χ4v) is 4.99. The van der Waals surface area contributed by atoms with Crippen molar-refractivity contribution in [3.63, 3.8) is 0 Å². The average molecular weight is 547 g/mol. The van der Waals surface area contributed by atoms with Crippen LogP contribution >= 0.6 is 0 Å². The van der Waals surface area contributed by atoms with Gasteiger partial charge < -0.3 is 0 Å². The Morgan fingerprint density at radius 1 is 0.262 bits per heavy atom. The molecule has 0 heteroatoms. The summed E-state index contributed by atoms with van der Waals surface area (Å²) in [5, 5.41) is 0. The SMILES string of the molecule is C=C(C)c1cc(C(=C)C)cc(-c2cc(-c3cc(C(=C)C)cc(C(=C)C)c3)cc(-c3cc(C(=C)C)cc(C(=C)C)c3)c2)c1. The first-order chi connectivity index (χ1) is 19.7. The van der Waals surface area contributed by atoms with Crippen molar-refractivity contribution < 1.29 is 0 Å². The molecule has 0 nitrogen and oxygen atoms in total. The third kappa shape index (κ3) is 6.61. The van der Waals surface area contributed by atoms with Crippen molar-refractivity contribution in [1.82, 2.24) is 0 Å². The lowest BCUT2D eigenvalue weighted by Gasteiger charge is -2.17. The molecule has 4 aromatic rings. The molecular formula is C42H42. The van der Waals surface area contributed by atoms with Gasteiger partial charge in [0.05, 0.1) is 0 Å². The molecule has 0 aliphatic carbocycles. The van der Waals surface area contributed by atoms with Gasteiger partial charge in [-0.2, -0.15) is 0 Å². The van der Waals surface area contributed by atoms with Crippen LogP contribution in [0.2, 0.25) is 0 Å². The second-order valence-electron chi connectivity index (χ2n) is 11.9. The third-order valence-electron chi connectivity index (χ3n) is 7.69. The van der Waals surface area contributed by atoms with E-state index < -0.39 is 0 Å². The molecule has 0 radical (unpaired) electrons. The molecule has 0 saturated carbocycles. The Hall–Kier alpha value is -4.68. The molecule has 0 spiro atoms. The largest absolute Gasteiger partial charge is 0.0955 e. The Morgan fingerprint density at radius 3 is 0.548 bits per heavy atom. The minimum Gasteiger partial charge on any atom is -0.0955 e. The molecule has 42 heavy (non-hydrogen) atoms. The normalized spacial score (nSPS) is 10.7. The van der Waals surface area contributed by atoms with Gasteiger partial charge in [0.2, 0.25) is 0 Å². The van der Waals surface area contributed by atoms with Gasteiger partial charge in [-0.1, -0.05) is 72.9 Å². The lowest BCUT2D eigenvalue weighted by Crippen LogP contribution is -1.93. The Morgan fingerprint density at radius 2 is 0.405 bits per heavy atom. The van der Waals surface area contributed by atoms with Gasteiger partial charge in [-0.25, -0.2) is 0 Å². The second-order valence-corrected chi connectivity index (χ2v) is 11.9. The Labute approximate surface area is 253 Å². The summed E-state index contributed by atoms with van der Waals surface area (Å²) in [4.78, 5) is 0. The van der Waals surface area contributed by atoms with Crippen molar-refractivity contribution in [3.05, 3.63) is 146 Å². The molecule has 0 aromatic heterocycles. The third-order valence-corrected chi connectivity index (χ3v) is 7.69. The molecule has 0 fully saturated rings. The minimum atomic E-state index is 1.02. The topological polar surface area (TPSA) is 0 Å². The predicted octanol–water partition coefficient (Wildman–Crippen LogP) is 12.9. The van der Waals surface area contributed by atoms with E-state index in [1.54, 1.807) is 0 Å². The van der Waals surface area contributed by atoms with Crippen molar-refractivity contribution in [2.45, 2.75) is 41.5 Å². The molecule has 0 amide bonds. The number of rotatable bonds is 9. The fraction of sp³-hybridized carbons (Fsp3) is 0.143. The van der Waals surface area contributed by atoms with Crippen LogP contribution in [0.3, 0.4) is 0 Å². The van der Waals surface area contributed by atoms with Gasteiger partial charge in [-0.15, -0.1) is 0 Å². The first kappa shape index (κ1) is 30.3. The smallest absolute Gasteiger partial charge is 0.0171 e. The first-order valence-electron chi connectivity index (χ1n) is 14.3. The molecule has 0 atom stereocenters. The predicted molar refractivity (Wildman–Crippen MR) is 191 cm³/mol. The van der Waals surface area contributed by atoms with Crippen LogP contribution in [0.1, 0.15) is 74.9 Å². The van der Waals surface area contributed by atoms with Crippen molar-refractivity contribution >= 4 is 33.4 Å². The van der Waals surface area contributed by atoms with Crippen LogP contribution < -0.4 is 0 Å². The molecule has 0 bridgehead atoms. The highest BCUT2D eigenvalue weighted by molar-refractivity contribution is 5.87. The van der Waals surface area contributed by atoms with E-state index in [-0.39, 0.29) is 0 Å². The molecule has 0 saturated heterocycles. The summed E-state index contributed by atoms with van der Waals surface area (Å²) >= 11 is 0. The van der Waals surface area contributed by atoms with Crippen molar-refractivity contribution in [1.29, 1.82) is 0 Å². The summed E-state index contributed by atoms with van der Waals surface area (Å²) in [6, 6.07) is 26.7. The molecule has 4 rings (SSSR count). The van der Waals surface area contributed by atoms with E-state index >= 15 is 0 Å². The quantitative estimate of drug-likeness (QED) is 0.196. The van der Waals surface area contributed by atoms with Crippen LogP contribution in [0.4, 0.5) is 0 Å². The molecule has 0 aliphatic rings. The zero-order valence-electron chi connectivity index (χ0n) is 26.2. The van der Waals surface area contributed by atoms with Crippen LogP contribution in [0.5, 0.6) is 0 Å². The number of allylic oxidation sites excluding steroid dienone is 6. The van der Waals surface area contributed by atoms with Gasteiger partial charge in [0, 0.05) is 0 Å².